The van der Waals surface area contributed by atoms with Crippen LogP contribution in [0.25, 0.3) is 11.4 Å². The van der Waals surface area contributed by atoms with Crippen molar-refractivity contribution in [2.45, 2.75) is 50.3 Å². The summed E-state index contributed by atoms with van der Waals surface area (Å²) in [7, 11) is 2.16. The van der Waals surface area contributed by atoms with Gasteiger partial charge in [-0.2, -0.15) is 0 Å². The molecule has 1 N–H and O–H groups in total. The van der Waals surface area contributed by atoms with Crippen molar-refractivity contribution in [3.8, 4) is 11.4 Å². The Morgan fingerprint density at radius 1 is 0.870 bits per heavy atom. The zero-order chi connectivity index (χ0) is 32.2. The SMILES string of the molecule is CN1CCC(N2CCN(C(=O)[C@@H](Cc3ccc(Cl)c(Cl)c3)OC(=O)N3CCC(n4nc(-c5ccccc5)[nH]c4=O)CC3)CC2)CC1. The Labute approximate surface area is 279 Å². The number of benzene rings is 2. The highest BCUT2D eigenvalue weighted by molar-refractivity contribution is 6.42. The maximum Gasteiger partial charge on any atom is 0.410 e. The second-order valence-electron chi connectivity index (χ2n) is 12.5. The summed E-state index contributed by atoms with van der Waals surface area (Å²) in [5.41, 5.74) is 1.32. The summed E-state index contributed by atoms with van der Waals surface area (Å²) in [6, 6.07) is 15.1. The average molecular weight is 671 g/mol. The van der Waals surface area contributed by atoms with Gasteiger partial charge in [-0.25, -0.2) is 14.3 Å². The molecule has 2 amide bonds. The normalized spacial score (nSPS) is 19.7. The maximum atomic E-state index is 13.9. The lowest BCUT2D eigenvalue weighted by molar-refractivity contribution is -0.143. The summed E-state index contributed by atoms with van der Waals surface area (Å²) < 4.78 is 7.45. The van der Waals surface area contributed by atoms with Crippen LogP contribution in [-0.2, 0) is 16.0 Å². The molecule has 2 aromatic carbocycles. The molecular weight excluding hydrogens is 629 g/mol. The zero-order valence-electron chi connectivity index (χ0n) is 26.1. The lowest BCUT2D eigenvalue weighted by Gasteiger charge is -2.42. The van der Waals surface area contributed by atoms with E-state index in [4.69, 9.17) is 27.9 Å². The molecule has 1 atom stereocenters. The van der Waals surface area contributed by atoms with Gasteiger partial charge in [0.25, 0.3) is 5.91 Å². The minimum atomic E-state index is -1.00. The number of hydrogen-bond acceptors (Lipinski definition) is 7. The highest BCUT2D eigenvalue weighted by atomic mass is 35.5. The van der Waals surface area contributed by atoms with Gasteiger partial charge in [0.05, 0.1) is 16.1 Å². The summed E-state index contributed by atoms with van der Waals surface area (Å²) in [4.78, 5) is 51.2. The lowest BCUT2D eigenvalue weighted by atomic mass is 10.0. The molecule has 4 heterocycles. The van der Waals surface area contributed by atoms with E-state index in [1.807, 2.05) is 35.2 Å². The quantitative estimate of drug-likeness (QED) is 0.403. The number of ether oxygens (including phenoxy) is 1. The number of nitrogens with one attached hydrogen (secondary N) is 1. The van der Waals surface area contributed by atoms with Gasteiger partial charge in [0.15, 0.2) is 11.9 Å². The molecule has 11 nitrogen and oxygen atoms in total. The number of amides is 2. The van der Waals surface area contributed by atoms with E-state index in [0.29, 0.717) is 60.9 Å². The third-order valence-corrected chi connectivity index (χ3v) is 10.3. The Bertz CT molecular complexity index is 1560. The average Bonchev–Trinajstić information content (AvgIpc) is 3.48. The van der Waals surface area contributed by atoms with Crippen LogP contribution in [0, 0.1) is 0 Å². The Morgan fingerprint density at radius 3 is 2.22 bits per heavy atom. The van der Waals surface area contributed by atoms with Gasteiger partial charge in [-0.05, 0) is 63.5 Å². The largest absolute Gasteiger partial charge is 0.436 e. The summed E-state index contributed by atoms with van der Waals surface area (Å²) in [6.45, 7) is 5.74. The molecule has 13 heteroatoms. The van der Waals surface area contributed by atoms with Crippen LogP contribution in [0.1, 0.15) is 37.3 Å². The van der Waals surface area contributed by atoms with E-state index in [9.17, 15) is 14.4 Å². The molecule has 3 aliphatic rings. The summed E-state index contributed by atoms with van der Waals surface area (Å²) in [6.07, 6.45) is 2.01. The van der Waals surface area contributed by atoms with Crippen molar-refractivity contribution in [1.82, 2.24) is 34.4 Å². The van der Waals surface area contributed by atoms with Crippen molar-refractivity contribution < 1.29 is 14.3 Å². The maximum absolute atomic E-state index is 13.9. The molecule has 0 radical (unpaired) electrons. The Hall–Kier alpha value is -3.38. The van der Waals surface area contributed by atoms with Crippen LogP contribution in [0.3, 0.4) is 0 Å². The number of halogens is 2. The molecule has 0 spiro atoms. The van der Waals surface area contributed by atoms with Gasteiger partial charge in [-0.15, -0.1) is 5.10 Å². The van der Waals surface area contributed by atoms with Crippen LogP contribution in [0.5, 0.6) is 0 Å². The summed E-state index contributed by atoms with van der Waals surface area (Å²) in [5.74, 6) is 0.317. The standard InChI is InChI=1S/C33H41Cl2N7O4/c1-38-13-9-25(10-14-38)39-17-19-40(20-18-39)31(43)29(22-23-7-8-27(34)28(35)21-23)46-33(45)41-15-11-26(12-16-41)42-32(44)36-30(37-42)24-5-3-2-4-6-24/h2-8,21,25-26,29H,9-20,22H2,1H3,(H,36,37,44)/t29-/m1/s1. The molecule has 3 fully saturated rings. The molecule has 0 saturated carbocycles. The van der Waals surface area contributed by atoms with Gasteiger partial charge in [0, 0.05) is 57.3 Å². The van der Waals surface area contributed by atoms with Crippen molar-refractivity contribution in [1.29, 1.82) is 0 Å². The molecule has 3 saturated heterocycles. The predicted octanol–water partition coefficient (Wildman–Crippen LogP) is 4.17. The molecule has 0 unspecified atom stereocenters. The van der Waals surface area contributed by atoms with Gasteiger partial charge in [0.1, 0.15) is 0 Å². The molecule has 0 bridgehead atoms. The van der Waals surface area contributed by atoms with Crippen molar-refractivity contribution in [3.05, 3.63) is 74.6 Å². The first kappa shape index (κ1) is 32.6. The number of hydrogen-bond donors (Lipinski definition) is 1. The predicted molar refractivity (Wildman–Crippen MR) is 177 cm³/mol. The van der Waals surface area contributed by atoms with Crippen LogP contribution >= 0.6 is 23.2 Å². The molecule has 6 rings (SSSR count). The number of aromatic amines is 1. The first-order valence-electron chi connectivity index (χ1n) is 16.1. The van der Waals surface area contributed by atoms with Crippen molar-refractivity contribution in [2.24, 2.45) is 0 Å². The first-order valence-corrected chi connectivity index (χ1v) is 16.9. The van der Waals surface area contributed by atoms with Crippen LogP contribution < -0.4 is 5.69 Å². The van der Waals surface area contributed by atoms with E-state index in [-0.39, 0.29) is 24.1 Å². The number of piperidine rings is 2. The van der Waals surface area contributed by atoms with Gasteiger partial charge in [-0.3, -0.25) is 14.7 Å². The minimum absolute atomic E-state index is 0.153. The molecule has 1 aromatic heterocycles. The number of aromatic nitrogens is 3. The number of likely N-dealkylation sites (tertiary alicyclic amines) is 2. The van der Waals surface area contributed by atoms with E-state index in [0.717, 1.165) is 50.1 Å². The Morgan fingerprint density at radius 2 is 1.54 bits per heavy atom. The van der Waals surface area contributed by atoms with Crippen LogP contribution in [0.4, 0.5) is 4.79 Å². The van der Waals surface area contributed by atoms with Crippen LogP contribution in [-0.4, -0.2) is 118 Å². The van der Waals surface area contributed by atoms with Gasteiger partial charge >= 0.3 is 11.8 Å². The van der Waals surface area contributed by atoms with E-state index >= 15 is 0 Å². The first-order chi connectivity index (χ1) is 22.2. The van der Waals surface area contributed by atoms with E-state index in [1.54, 1.807) is 23.1 Å². The van der Waals surface area contributed by atoms with Crippen molar-refractivity contribution in [3.63, 3.8) is 0 Å². The number of H-pyrrole nitrogens is 1. The highest BCUT2D eigenvalue weighted by Gasteiger charge is 2.35. The third kappa shape index (κ3) is 7.60. The minimum Gasteiger partial charge on any atom is -0.436 e. The highest BCUT2D eigenvalue weighted by Crippen LogP contribution is 2.26. The van der Waals surface area contributed by atoms with Crippen LogP contribution in [0.15, 0.2) is 53.3 Å². The fourth-order valence-corrected chi connectivity index (χ4v) is 7.05. The number of nitrogens with zero attached hydrogens (tertiary/aromatic N) is 6. The van der Waals surface area contributed by atoms with Crippen molar-refractivity contribution in [2.75, 3.05) is 59.4 Å². The molecule has 0 aliphatic carbocycles. The van der Waals surface area contributed by atoms with E-state index in [1.165, 1.54) is 4.68 Å². The zero-order valence-corrected chi connectivity index (χ0v) is 27.6. The second-order valence-corrected chi connectivity index (χ2v) is 13.3. The number of rotatable bonds is 7. The third-order valence-electron chi connectivity index (χ3n) is 9.51. The second kappa shape index (κ2) is 14.6. The van der Waals surface area contributed by atoms with Gasteiger partial charge in [0.2, 0.25) is 0 Å². The number of piperazine rings is 1. The summed E-state index contributed by atoms with van der Waals surface area (Å²) >= 11 is 12.4. The van der Waals surface area contributed by atoms with E-state index in [2.05, 4.69) is 26.9 Å². The number of carbonyl (C=O) groups is 2. The Kier molecular flexibility index (Phi) is 10.3. The fraction of sp³-hybridized carbons (Fsp3) is 0.515. The smallest absolute Gasteiger partial charge is 0.410 e. The molecule has 246 valence electrons. The molecular formula is C33H41Cl2N7O4. The topological polar surface area (TPSA) is 107 Å². The molecule has 3 aromatic rings. The lowest BCUT2D eigenvalue weighted by Crippen LogP contribution is -2.56. The van der Waals surface area contributed by atoms with Gasteiger partial charge < -0.3 is 19.4 Å². The van der Waals surface area contributed by atoms with Crippen LogP contribution in [0.2, 0.25) is 10.0 Å². The van der Waals surface area contributed by atoms with E-state index < -0.39 is 12.2 Å². The monoisotopic (exact) mass is 669 g/mol. The molecule has 46 heavy (non-hydrogen) atoms. The van der Waals surface area contributed by atoms with Gasteiger partial charge in [-0.1, -0.05) is 59.6 Å². The summed E-state index contributed by atoms with van der Waals surface area (Å²) in [5, 5.41) is 5.34. The van der Waals surface area contributed by atoms with Crippen molar-refractivity contribution >= 4 is 35.2 Å². The number of carbonyl (C=O) groups excluding carboxylic acids is 2. The fourth-order valence-electron chi connectivity index (χ4n) is 6.73. The molecule has 3 aliphatic heterocycles. The Balaban J connectivity index is 1.09.